The van der Waals surface area contributed by atoms with Crippen molar-refractivity contribution in [1.29, 1.82) is 0 Å². The summed E-state index contributed by atoms with van der Waals surface area (Å²) in [4.78, 5) is 26.9. The van der Waals surface area contributed by atoms with Gasteiger partial charge in [0, 0.05) is 14.7 Å². The van der Waals surface area contributed by atoms with Gasteiger partial charge in [-0.2, -0.15) is 18.3 Å². The van der Waals surface area contributed by atoms with Gasteiger partial charge in [-0.25, -0.2) is 14.6 Å². The largest absolute Gasteiger partial charge is 0.477 e. The molecule has 9 nitrogen and oxygen atoms in total. The average molecular weight is 465 g/mol. The number of hydrogen-bond acceptors (Lipinski definition) is 8. The first-order chi connectivity index (χ1) is 14.3. The van der Waals surface area contributed by atoms with Crippen LogP contribution in [0.25, 0.3) is 0 Å². The molecule has 0 fully saturated rings. The lowest BCUT2D eigenvalue weighted by molar-refractivity contribution is -0.129. The van der Waals surface area contributed by atoms with E-state index in [9.17, 15) is 22.8 Å². The number of halogens is 3. The van der Waals surface area contributed by atoms with Crippen molar-refractivity contribution < 1.29 is 37.4 Å². The number of carbonyl (C=O) groups excluding carboxylic acids is 1. The number of rotatable bonds is 11. The van der Waals surface area contributed by atoms with Crippen LogP contribution in [0.5, 0.6) is 0 Å². The molecule has 0 amide bonds. The highest BCUT2D eigenvalue weighted by atomic mass is 28.3. The smallest absolute Gasteiger partial charge is 0.421 e. The van der Waals surface area contributed by atoms with Crippen molar-refractivity contribution in [2.24, 2.45) is 10.3 Å². The zero-order valence-electron chi connectivity index (χ0n) is 18.0. The van der Waals surface area contributed by atoms with Crippen LogP contribution in [0.2, 0.25) is 25.7 Å². The third-order valence-electron chi connectivity index (χ3n) is 3.92. The van der Waals surface area contributed by atoms with Gasteiger partial charge in [-0.3, -0.25) is 0 Å². The molecule has 0 aromatic carbocycles. The zero-order valence-corrected chi connectivity index (χ0v) is 19.0. The van der Waals surface area contributed by atoms with Crippen LogP contribution in [-0.4, -0.2) is 74.2 Å². The maximum Gasteiger partial charge on any atom is 0.421 e. The molecule has 174 valence electrons. The van der Waals surface area contributed by atoms with Crippen LogP contribution in [0.3, 0.4) is 0 Å². The second-order valence-corrected chi connectivity index (χ2v) is 13.7. The summed E-state index contributed by atoms with van der Waals surface area (Å²) in [6.45, 7) is 8.90. The molecule has 0 aromatic heterocycles. The van der Waals surface area contributed by atoms with Gasteiger partial charge in [-0.05, 0) is 19.9 Å². The SMILES string of the molecule is C/C(=N\OC[C@H](C)NC1=C(C(F)(F)F)C(=C=O)N(COCC[Si](C)(C)C)N=C1)C(=O)O. The van der Waals surface area contributed by atoms with Crippen LogP contribution in [0.1, 0.15) is 13.8 Å². The Labute approximate surface area is 179 Å². The first kappa shape index (κ1) is 26.4. The summed E-state index contributed by atoms with van der Waals surface area (Å²) >= 11 is 0. The minimum atomic E-state index is -4.86. The molecule has 0 aliphatic carbocycles. The predicted octanol–water partition coefficient (Wildman–Crippen LogP) is 2.59. The van der Waals surface area contributed by atoms with Gasteiger partial charge >= 0.3 is 12.1 Å². The molecule has 1 aliphatic heterocycles. The van der Waals surface area contributed by atoms with Crippen LogP contribution in [0, 0.1) is 0 Å². The van der Waals surface area contributed by atoms with E-state index in [2.05, 4.69) is 35.2 Å². The van der Waals surface area contributed by atoms with Gasteiger partial charge in [0.05, 0.1) is 18.0 Å². The van der Waals surface area contributed by atoms with E-state index in [0.29, 0.717) is 6.61 Å². The van der Waals surface area contributed by atoms with E-state index in [1.165, 1.54) is 19.8 Å². The maximum absolute atomic E-state index is 13.7. The third-order valence-corrected chi connectivity index (χ3v) is 5.62. The molecular weight excluding hydrogens is 437 g/mol. The summed E-state index contributed by atoms with van der Waals surface area (Å²) in [7, 11) is -1.39. The van der Waals surface area contributed by atoms with Crippen LogP contribution in [0.4, 0.5) is 13.2 Å². The molecule has 1 aliphatic rings. The number of alkyl halides is 3. The summed E-state index contributed by atoms with van der Waals surface area (Å²) in [5.41, 5.74) is -2.78. The molecule has 0 radical (unpaired) electrons. The Balaban J connectivity index is 2.92. The summed E-state index contributed by atoms with van der Waals surface area (Å²) in [5.74, 6) is 0.0305. The molecule has 0 saturated carbocycles. The molecule has 0 bridgehead atoms. The number of ether oxygens (including phenoxy) is 1. The highest BCUT2D eigenvalue weighted by Crippen LogP contribution is 2.35. The molecule has 0 aromatic rings. The molecule has 0 spiro atoms. The van der Waals surface area contributed by atoms with E-state index in [-0.39, 0.29) is 19.0 Å². The normalized spacial score (nSPS) is 16.3. The molecule has 31 heavy (non-hydrogen) atoms. The predicted molar refractivity (Wildman–Crippen MR) is 111 cm³/mol. The van der Waals surface area contributed by atoms with E-state index < -0.39 is 43.2 Å². The number of hydrazone groups is 1. The van der Waals surface area contributed by atoms with Crippen LogP contribution in [-0.2, 0) is 19.2 Å². The van der Waals surface area contributed by atoms with Crippen molar-refractivity contribution >= 4 is 31.9 Å². The number of nitrogens with one attached hydrogen (secondary N) is 1. The minimum absolute atomic E-state index is 0.225. The van der Waals surface area contributed by atoms with Gasteiger partial charge < -0.3 is 20.0 Å². The maximum atomic E-state index is 13.7. The molecule has 1 atom stereocenters. The van der Waals surface area contributed by atoms with Gasteiger partial charge in [0.15, 0.2) is 17.4 Å². The number of nitrogens with zero attached hydrogens (tertiary/aromatic N) is 3. The van der Waals surface area contributed by atoms with Crippen molar-refractivity contribution in [3.05, 3.63) is 17.0 Å². The average Bonchev–Trinajstić information content (AvgIpc) is 2.63. The first-order valence-electron chi connectivity index (χ1n) is 9.39. The summed E-state index contributed by atoms with van der Waals surface area (Å²) in [6, 6.07) is 0.0949. The number of carboxylic acid groups (broad SMARTS) is 1. The fraction of sp³-hybridized carbons (Fsp3) is 0.611. The van der Waals surface area contributed by atoms with Gasteiger partial charge in [0.25, 0.3) is 0 Å². The lowest BCUT2D eigenvalue weighted by Gasteiger charge is -2.29. The van der Waals surface area contributed by atoms with E-state index in [1.807, 2.05) is 0 Å². The van der Waals surface area contributed by atoms with E-state index in [4.69, 9.17) is 14.7 Å². The summed E-state index contributed by atoms with van der Waals surface area (Å²) in [6.07, 6.45) is -3.93. The second-order valence-electron chi connectivity index (χ2n) is 8.05. The van der Waals surface area contributed by atoms with Gasteiger partial charge in [0.1, 0.15) is 18.9 Å². The Hall–Kier alpha value is -2.63. The zero-order chi connectivity index (χ0) is 23.8. The van der Waals surface area contributed by atoms with E-state index in [0.717, 1.165) is 17.3 Å². The Kier molecular flexibility index (Phi) is 9.47. The number of aliphatic carboxylic acids is 1. The fourth-order valence-corrected chi connectivity index (χ4v) is 2.98. The van der Waals surface area contributed by atoms with Gasteiger partial charge in [-0.15, -0.1) is 0 Å². The van der Waals surface area contributed by atoms with Crippen molar-refractivity contribution in [1.82, 2.24) is 10.3 Å². The van der Waals surface area contributed by atoms with E-state index >= 15 is 0 Å². The van der Waals surface area contributed by atoms with Crippen LogP contribution >= 0.6 is 0 Å². The minimum Gasteiger partial charge on any atom is -0.477 e. The van der Waals surface area contributed by atoms with Gasteiger partial charge in [-0.1, -0.05) is 24.8 Å². The fourth-order valence-electron chi connectivity index (χ4n) is 2.23. The van der Waals surface area contributed by atoms with Crippen LogP contribution in [0.15, 0.2) is 27.2 Å². The van der Waals surface area contributed by atoms with Crippen molar-refractivity contribution in [3.8, 4) is 0 Å². The number of carboxylic acids is 1. The monoisotopic (exact) mass is 464 g/mol. The van der Waals surface area contributed by atoms with Crippen LogP contribution < -0.4 is 5.32 Å². The van der Waals surface area contributed by atoms with Crippen molar-refractivity contribution in [2.75, 3.05) is 19.9 Å². The molecule has 13 heteroatoms. The number of hydrogen-bond donors (Lipinski definition) is 2. The van der Waals surface area contributed by atoms with E-state index in [1.54, 1.807) is 0 Å². The Bertz CT molecular complexity index is 799. The highest BCUT2D eigenvalue weighted by molar-refractivity contribution is 6.76. The second kappa shape index (κ2) is 11.1. The number of carbonyl (C=O) groups is 1. The van der Waals surface area contributed by atoms with Crippen molar-refractivity contribution in [2.45, 2.75) is 51.8 Å². The number of oxime groups is 1. The highest BCUT2D eigenvalue weighted by Gasteiger charge is 2.43. The molecule has 1 rings (SSSR count). The molecule has 0 saturated heterocycles. The molecule has 2 N–H and O–H groups in total. The number of allylic oxidation sites excluding steroid dienone is 2. The molecular formula is C18H27F3N4O5Si. The Morgan fingerprint density at radius 2 is 2.06 bits per heavy atom. The van der Waals surface area contributed by atoms with Gasteiger partial charge in [0.2, 0.25) is 0 Å². The lowest BCUT2D eigenvalue weighted by Crippen LogP contribution is -2.39. The van der Waals surface area contributed by atoms with Crippen molar-refractivity contribution in [3.63, 3.8) is 0 Å². The summed E-state index contributed by atoms with van der Waals surface area (Å²) < 4.78 is 46.5. The third kappa shape index (κ3) is 8.95. The Morgan fingerprint density at radius 3 is 2.58 bits per heavy atom. The molecule has 0 unspecified atom stereocenters. The molecule has 1 heterocycles. The first-order valence-corrected chi connectivity index (χ1v) is 13.1. The quantitative estimate of drug-likeness (QED) is 0.159. The summed E-state index contributed by atoms with van der Waals surface area (Å²) in [5, 5.41) is 19.3. The lowest BCUT2D eigenvalue weighted by atomic mass is 10.1. The Morgan fingerprint density at radius 1 is 1.42 bits per heavy atom. The topological polar surface area (TPSA) is 113 Å². The standard InChI is InChI=1S/C18H27F3N4O5Si/c1-12(10-30-24-13(2)17(27)28)23-14-8-22-25(11-29-6-7-31(3,4)5)15(9-26)16(14)18(19,20)21/h8,12,23H,6-7,10-11H2,1-5H3,(H,27,28)/b24-13+/t12-/m0/s1.